The van der Waals surface area contributed by atoms with Crippen LogP contribution in [0.3, 0.4) is 0 Å². The number of likely N-dealkylation sites (tertiary alicyclic amines) is 1. The van der Waals surface area contributed by atoms with Crippen molar-refractivity contribution >= 4 is 5.91 Å². The van der Waals surface area contributed by atoms with Crippen LogP contribution >= 0.6 is 0 Å². The molecule has 0 aromatic rings. The maximum absolute atomic E-state index is 11.7. The molecule has 0 saturated carbocycles. The van der Waals surface area contributed by atoms with Crippen molar-refractivity contribution in [2.45, 2.75) is 26.7 Å². The first-order chi connectivity index (χ1) is 6.19. The van der Waals surface area contributed by atoms with Crippen molar-refractivity contribution in [1.29, 1.82) is 0 Å². The standard InChI is InChI=1S/C10H20N2O/c1-3-4-8(2)10(13)12-6-9(5-11)7-12/h8-9H,3-7,11H2,1-2H3. The smallest absolute Gasteiger partial charge is 0.225 e. The molecule has 0 bridgehead atoms. The van der Waals surface area contributed by atoms with Gasteiger partial charge in [0.25, 0.3) is 0 Å². The molecule has 3 nitrogen and oxygen atoms in total. The van der Waals surface area contributed by atoms with Crippen LogP contribution in [0.15, 0.2) is 0 Å². The van der Waals surface area contributed by atoms with Gasteiger partial charge in [0.05, 0.1) is 0 Å². The predicted molar refractivity (Wildman–Crippen MR) is 53.2 cm³/mol. The summed E-state index contributed by atoms with van der Waals surface area (Å²) < 4.78 is 0. The molecule has 1 rings (SSSR count). The average Bonchev–Trinajstić information content (AvgIpc) is 2.02. The van der Waals surface area contributed by atoms with Gasteiger partial charge in [-0.25, -0.2) is 0 Å². The second-order valence-corrected chi connectivity index (χ2v) is 4.03. The molecule has 1 heterocycles. The molecule has 1 saturated heterocycles. The molecule has 13 heavy (non-hydrogen) atoms. The number of amides is 1. The Labute approximate surface area is 80.3 Å². The van der Waals surface area contributed by atoms with Gasteiger partial charge in [0.2, 0.25) is 5.91 Å². The lowest BCUT2D eigenvalue weighted by atomic mass is 9.96. The molecule has 0 aromatic heterocycles. The van der Waals surface area contributed by atoms with E-state index in [9.17, 15) is 4.79 Å². The number of carbonyl (C=O) groups excluding carboxylic acids is 1. The number of hydrogen-bond acceptors (Lipinski definition) is 2. The van der Waals surface area contributed by atoms with Crippen LogP contribution in [0.25, 0.3) is 0 Å². The highest BCUT2D eigenvalue weighted by Crippen LogP contribution is 2.18. The lowest BCUT2D eigenvalue weighted by molar-refractivity contribution is -0.141. The zero-order valence-corrected chi connectivity index (χ0v) is 8.62. The summed E-state index contributed by atoms with van der Waals surface area (Å²) in [5.74, 6) is 1.06. The highest BCUT2D eigenvalue weighted by atomic mass is 16.2. The summed E-state index contributed by atoms with van der Waals surface area (Å²) in [5.41, 5.74) is 5.49. The molecular formula is C10H20N2O. The average molecular weight is 184 g/mol. The lowest BCUT2D eigenvalue weighted by Gasteiger charge is -2.40. The third-order valence-electron chi connectivity index (χ3n) is 2.75. The SMILES string of the molecule is CCCC(C)C(=O)N1CC(CN)C1. The van der Waals surface area contributed by atoms with E-state index in [-0.39, 0.29) is 5.92 Å². The monoisotopic (exact) mass is 184 g/mol. The zero-order chi connectivity index (χ0) is 9.84. The van der Waals surface area contributed by atoms with E-state index in [2.05, 4.69) is 6.92 Å². The molecule has 0 spiro atoms. The Morgan fingerprint density at radius 3 is 2.69 bits per heavy atom. The second kappa shape index (κ2) is 4.61. The minimum Gasteiger partial charge on any atom is -0.342 e. The van der Waals surface area contributed by atoms with Crippen LogP contribution in [-0.2, 0) is 4.79 Å². The first-order valence-corrected chi connectivity index (χ1v) is 5.17. The third-order valence-corrected chi connectivity index (χ3v) is 2.75. The summed E-state index contributed by atoms with van der Waals surface area (Å²) in [6, 6.07) is 0. The van der Waals surface area contributed by atoms with Crippen LogP contribution in [0.2, 0.25) is 0 Å². The van der Waals surface area contributed by atoms with Crippen LogP contribution in [-0.4, -0.2) is 30.4 Å². The highest BCUT2D eigenvalue weighted by molar-refractivity contribution is 5.79. The molecular weight excluding hydrogens is 164 g/mol. The molecule has 0 radical (unpaired) electrons. The number of carbonyl (C=O) groups is 1. The summed E-state index contributed by atoms with van der Waals surface area (Å²) in [7, 11) is 0. The van der Waals surface area contributed by atoms with Gasteiger partial charge in [-0.3, -0.25) is 4.79 Å². The number of nitrogens with two attached hydrogens (primary N) is 1. The van der Waals surface area contributed by atoms with Crippen molar-refractivity contribution in [3.05, 3.63) is 0 Å². The van der Waals surface area contributed by atoms with Crippen LogP contribution in [0.4, 0.5) is 0 Å². The first kappa shape index (κ1) is 10.5. The minimum absolute atomic E-state index is 0.198. The Morgan fingerprint density at radius 2 is 2.23 bits per heavy atom. The minimum atomic E-state index is 0.198. The normalized spacial score (nSPS) is 19.8. The van der Waals surface area contributed by atoms with E-state index in [1.807, 2.05) is 11.8 Å². The quantitative estimate of drug-likeness (QED) is 0.703. The van der Waals surface area contributed by atoms with Crippen LogP contribution in [0, 0.1) is 11.8 Å². The van der Waals surface area contributed by atoms with Crippen molar-refractivity contribution in [1.82, 2.24) is 4.90 Å². The number of hydrogen-bond donors (Lipinski definition) is 1. The number of rotatable bonds is 4. The fraction of sp³-hybridized carbons (Fsp3) is 0.900. The summed E-state index contributed by atoms with van der Waals surface area (Å²) in [5, 5.41) is 0. The van der Waals surface area contributed by atoms with E-state index in [0.717, 1.165) is 25.9 Å². The van der Waals surface area contributed by atoms with E-state index in [1.54, 1.807) is 0 Å². The molecule has 76 valence electrons. The lowest BCUT2D eigenvalue weighted by Crippen LogP contribution is -2.54. The molecule has 1 unspecified atom stereocenters. The fourth-order valence-corrected chi connectivity index (χ4v) is 1.77. The molecule has 1 aliphatic rings. The molecule has 1 amide bonds. The molecule has 2 N–H and O–H groups in total. The maximum atomic E-state index is 11.7. The number of nitrogens with zero attached hydrogens (tertiary/aromatic N) is 1. The summed E-state index contributed by atoms with van der Waals surface area (Å²) >= 11 is 0. The van der Waals surface area contributed by atoms with Gasteiger partial charge >= 0.3 is 0 Å². The topological polar surface area (TPSA) is 46.3 Å². The van der Waals surface area contributed by atoms with Gasteiger partial charge in [-0.15, -0.1) is 0 Å². The van der Waals surface area contributed by atoms with Crippen LogP contribution in [0.1, 0.15) is 26.7 Å². The summed E-state index contributed by atoms with van der Waals surface area (Å²) in [6.45, 7) is 6.60. The van der Waals surface area contributed by atoms with Gasteiger partial charge in [0, 0.05) is 24.9 Å². The van der Waals surface area contributed by atoms with Crippen molar-refractivity contribution in [2.24, 2.45) is 17.6 Å². The van der Waals surface area contributed by atoms with E-state index < -0.39 is 0 Å². The summed E-state index contributed by atoms with van der Waals surface area (Å²) in [6.07, 6.45) is 2.09. The van der Waals surface area contributed by atoms with Crippen molar-refractivity contribution in [2.75, 3.05) is 19.6 Å². The van der Waals surface area contributed by atoms with Crippen molar-refractivity contribution in [3.8, 4) is 0 Å². The zero-order valence-electron chi connectivity index (χ0n) is 8.62. The predicted octanol–water partition coefficient (Wildman–Crippen LogP) is 0.840. The Hall–Kier alpha value is -0.570. The highest BCUT2D eigenvalue weighted by Gasteiger charge is 2.31. The van der Waals surface area contributed by atoms with Gasteiger partial charge in [0.15, 0.2) is 0 Å². The van der Waals surface area contributed by atoms with Crippen LogP contribution in [0.5, 0.6) is 0 Å². The molecule has 1 aliphatic heterocycles. The van der Waals surface area contributed by atoms with E-state index in [0.29, 0.717) is 18.4 Å². The van der Waals surface area contributed by atoms with Crippen molar-refractivity contribution in [3.63, 3.8) is 0 Å². The Bertz CT molecular complexity index is 176. The van der Waals surface area contributed by atoms with E-state index in [1.165, 1.54) is 0 Å². The van der Waals surface area contributed by atoms with Gasteiger partial charge in [-0.1, -0.05) is 20.3 Å². The molecule has 0 aliphatic carbocycles. The van der Waals surface area contributed by atoms with Gasteiger partial charge in [-0.05, 0) is 13.0 Å². The van der Waals surface area contributed by atoms with Crippen LogP contribution < -0.4 is 5.73 Å². The molecule has 1 fully saturated rings. The third kappa shape index (κ3) is 2.44. The van der Waals surface area contributed by atoms with Gasteiger partial charge in [0.1, 0.15) is 0 Å². The Kier molecular flexibility index (Phi) is 3.72. The fourth-order valence-electron chi connectivity index (χ4n) is 1.77. The van der Waals surface area contributed by atoms with Gasteiger partial charge in [-0.2, -0.15) is 0 Å². The first-order valence-electron chi connectivity index (χ1n) is 5.17. The Balaban J connectivity index is 2.25. The maximum Gasteiger partial charge on any atom is 0.225 e. The van der Waals surface area contributed by atoms with Crippen molar-refractivity contribution < 1.29 is 4.79 Å². The van der Waals surface area contributed by atoms with Gasteiger partial charge < -0.3 is 10.6 Å². The van der Waals surface area contributed by atoms with E-state index >= 15 is 0 Å². The molecule has 0 aromatic carbocycles. The molecule has 3 heteroatoms. The molecule has 1 atom stereocenters. The summed E-state index contributed by atoms with van der Waals surface area (Å²) in [4.78, 5) is 13.6. The Morgan fingerprint density at radius 1 is 1.62 bits per heavy atom. The van der Waals surface area contributed by atoms with E-state index in [4.69, 9.17) is 5.73 Å². The largest absolute Gasteiger partial charge is 0.342 e. The second-order valence-electron chi connectivity index (χ2n) is 4.03.